The Balaban J connectivity index is 0. The van der Waals surface area contributed by atoms with Crippen LogP contribution in [0, 0.1) is 0 Å². The molecular weight excluding hydrogens is 213 g/mol. The molecule has 0 heterocycles. The van der Waals surface area contributed by atoms with Crippen LogP contribution in [0.1, 0.15) is 20.8 Å². The number of hydrogen-bond donors (Lipinski definition) is 2. The standard InChI is InChI=1S/C8H17NO3S.Na.H/c1-4-5-6-9-8(2,3)7-13(10,11)12;;/h4-5,9H,6-7H2,1-3H3,(H,10,11,12);;/b5-4+;;. The van der Waals surface area contributed by atoms with Gasteiger partial charge in [0.15, 0.2) is 0 Å². The number of allylic oxidation sites excluding steroid dienone is 1. The van der Waals surface area contributed by atoms with E-state index in [0.29, 0.717) is 6.54 Å². The minimum atomic E-state index is -3.91. The summed E-state index contributed by atoms with van der Waals surface area (Å²) in [7, 11) is -3.91. The van der Waals surface area contributed by atoms with Crippen molar-refractivity contribution in [3.8, 4) is 0 Å². The number of hydrogen-bond acceptors (Lipinski definition) is 3. The van der Waals surface area contributed by atoms with Crippen molar-refractivity contribution in [2.24, 2.45) is 0 Å². The first-order valence-electron chi connectivity index (χ1n) is 4.08. The van der Waals surface area contributed by atoms with Crippen LogP contribution in [0.2, 0.25) is 0 Å². The van der Waals surface area contributed by atoms with Crippen molar-refractivity contribution < 1.29 is 13.0 Å². The van der Waals surface area contributed by atoms with Crippen LogP contribution in [-0.4, -0.2) is 60.4 Å². The van der Waals surface area contributed by atoms with Crippen molar-refractivity contribution in [2.75, 3.05) is 12.3 Å². The molecule has 2 N–H and O–H groups in total. The SMILES string of the molecule is C/C=C/CNC(C)(C)CS(=O)(=O)O.[NaH]. The van der Waals surface area contributed by atoms with Crippen LogP contribution in [-0.2, 0) is 10.1 Å². The first kappa shape index (κ1) is 17.0. The molecule has 0 aliphatic rings. The fraction of sp³-hybridized carbons (Fsp3) is 0.750. The third-order valence-electron chi connectivity index (χ3n) is 1.48. The van der Waals surface area contributed by atoms with Gasteiger partial charge in [0.05, 0.1) is 5.75 Å². The Kier molecular flexibility index (Phi) is 8.48. The molecule has 0 unspecified atom stereocenters. The van der Waals surface area contributed by atoms with Gasteiger partial charge in [-0.3, -0.25) is 4.55 Å². The second-order valence-corrected chi connectivity index (χ2v) is 5.01. The van der Waals surface area contributed by atoms with Gasteiger partial charge in [-0.05, 0) is 20.8 Å². The van der Waals surface area contributed by atoms with E-state index in [1.54, 1.807) is 13.8 Å². The zero-order valence-corrected chi connectivity index (χ0v) is 9.06. The van der Waals surface area contributed by atoms with E-state index >= 15 is 0 Å². The molecule has 0 aliphatic carbocycles. The number of nitrogens with one attached hydrogen (secondary N) is 1. The van der Waals surface area contributed by atoms with E-state index in [0.717, 1.165) is 0 Å². The summed E-state index contributed by atoms with van der Waals surface area (Å²) in [5.74, 6) is -0.280. The summed E-state index contributed by atoms with van der Waals surface area (Å²) in [4.78, 5) is 0. The fourth-order valence-electron chi connectivity index (χ4n) is 0.960. The van der Waals surface area contributed by atoms with Gasteiger partial charge in [-0.2, -0.15) is 8.42 Å². The Morgan fingerprint density at radius 2 is 1.93 bits per heavy atom. The third-order valence-corrected chi connectivity index (χ3v) is 2.56. The molecule has 0 radical (unpaired) electrons. The molecule has 0 bridgehead atoms. The second kappa shape index (κ2) is 6.98. The van der Waals surface area contributed by atoms with E-state index in [1.807, 2.05) is 19.1 Å². The molecule has 0 aromatic carbocycles. The van der Waals surface area contributed by atoms with Crippen molar-refractivity contribution in [2.45, 2.75) is 26.3 Å². The normalized spacial score (nSPS) is 12.9. The van der Waals surface area contributed by atoms with Crippen LogP contribution in [0.3, 0.4) is 0 Å². The summed E-state index contributed by atoms with van der Waals surface area (Å²) in [5.41, 5.74) is -0.604. The van der Waals surface area contributed by atoms with E-state index in [-0.39, 0.29) is 35.3 Å². The van der Waals surface area contributed by atoms with Gasteiger partial charge in [0.2, 0.25) is 0 Å². The summed E-state index contributed by atoms with van der Waals surface area (Å²) < 4.78 is 29.8. The zero-order chi connectivity index (χ0) is 10.5. The van der Waals surface area contributed by atoms with Gasteiger partial charge in [-0.25, -0.2) is 0 Å². The fourth-order valence-corrected chi connectivity index (χ4v) is 1.97. The molecule has 0 aromatic heterocycles. The Bertz CT molecular complexity index is 272. The summed E-state index contributed by atoms with van der Waals surface area (Å²) in [6, 6.07) is 0. The van der Waals surface area contributed by atoms with Crippen LogP contribution < -0.4 is 5.32 Å². The van der Waals surface area contributed by atoms with Crippen molar-refractivity contribution in [1.29, 1.82) is 0 Å². The van der Waals surface area contributed by atoms with Crippen molar-refractivity contribution in [3.05, 3.63) is 12.2 Å². The van der Waals surface area contributed by atoms with Crippen molar-refractivity contribution in [3.63, 3.8) is 0 Å². The molecule has 6 heteroatoms. The summed E-state index contributed by atoms with van der Waals surface area (Å²) in [6.07, 6.45) is 3.75. The molecule has 80 valence electrons. The van der Waals surface area contributed by atoms with Gasteiger partial charge in [0.25, 0.3) is 10.1 Å². The van der Waals surface area contributed by atoms with E-state index in [4.69, 9.17) is 4.55 Å². The summed E-state index contributed by atoms with van der Waals surface area (Å²) in [5, 5.41) is 2.99. The van der Waals surface area contributed by atoms with Crippen molar-refractivity contribution in [1.82, 2.24) is 5.32 Å². The van der Waals surface area contributed by atoms with Gasteiger partial charge >= 0.3 is 29.6 Å². The maximum atomic E-state index is 10.6. The Labute approximate surface area is 108 Å². The van der Waals surface area contributed by atoms with Crippen LogP contribution in [0.5, 0.6) is 0 Å². The summed E-state index contributed by atoms with van der Waals surface area (Å²) >= 11 is 0. The molecule has 0 atom stereocenters. The average molecular weight is 231 g/mol. The van der Waals surface area contributed by atoms with Gasteiger partial charge < -0.3 is 5.32 Å². The Morgan fingerprint density at radius 1 is 1.43 bits per heavy atom. The minimum absolute atomic E-state index is 0. The second-order valence-electron chi connectivity index (χ2n) is 3.56. The summed E-state index contributed by atoms with van der Waals surface area (Å²) in [6.45, 7) is 5.94. The van der Waals surface area contributed by atoms with Crippen molar-refractivity contribution >= 4 is 39.7 Å². The third kappa shape index (κ3) is 10.7. The topological polar surface area (TPSA) is 66.4 Å². The zero-order valence-electron chi connectivity index (χ0n) is 8.24. The van der Waals surface area contributed by atoms with Gasteiger partial charge in [0, 0.05) is 12.1 Å². The molecular formula is C8H18NNaO3S. The Hall–Kier alpha value is 0.610. The van der Waals surface area contributed by atoms with Crippen LogP contribution in [0.25, 0.3) is 0 Å². The average Bonchev–Trinajstić information content (AvgIpc) is 1.81. The molecule has 0 fully saturated rings. The van der Waals surface area contributed by atoms with Crippen LogP contribution in [0.4, 0.5) is 0 Å². The first-order chi connectivity index (χ1) is 5.77. The van der Waals surface area contributed by atoms with Gasteiger partial charge in [-0.1, -0.05) is 12.2 Å². The predicted octanol–water partition coefficient (Wildman–Crippen LogP) is 0.170. The molecule has 0 aliphatic heterocycles. The molecule has 0 rings (SSSR count). The van der Waals surface area contributed by atoms with Crippen LogP contribution >= 0.6 is 0 Å². The monoisotopic (exact) mass is 231 g/mol. The number of rotatable bonds is 5. The molecule has 0 amide bonds. The van der Waals surface area contributed by atoms with Crippen LogP contribution in [0.15, 0.2) is 12.2 Å². The molecule has 14 heavy (non-hydrogen) atoms. The van der Waals surface area contributed by atoms with Gasteiger partial charge in [0.1, 0.15) is 0 Å². The van der Waals surface area contributed by atoms with E-state index in [1.165, 1.54) is 0 Å². The molecule has 0 aromatic rings. The Morgan fingerprint density at radius 3 is 2.29 bits per heavy atom. The predicted molar refractivity (Wildman–Crippen MR) is 60.5 cm³/mol. The quantitative estimate of drug-likeness (QED) is 0.402. The molecule has 0 saturated heterocycles. The van der Waals surface area contributed by atoms with Gasteiger partial charge in [-0.15, -0.1) is 0 Å². The first-order valence-corrected chi connectivity index (χ1v) is 5.69. The van der Waals surface area contributed by atoms with E-state index in [9.17, 15) is 8.42 Å². The molecule has 0 spiro atoms. The van der Waals surface area contributed by atoms with E-state index in [2.05, 4.69) is 5.32 Å². The maximum absolute atomic E-state index is 10.6. The molecule has 0 saturated carbocycles. The molecule has 4 nitrogen and oxygen atoms in total. The van der Waals surface area contributed by atoms with E-state index < -0.39 is 15.7 Å².